The Balaban J connectivity index is 2.18. The highest BCUT2D eigenvalue weighted by atomic mass is 19.1. The van der Waals surface area contributed by atoms with Crippen molar-refractivity contribution in [3.8, 4) is 0 Å². The fourth-order valence-electron chi connectivity index (χ4n) is 2.06. The SMILES string of the molecule is [N-]=[N+]=NCC1CC(=O)N(c2ccc(F)cc2N)C1. The van der Waals surface area contributed by atoms with E-state index in [1.807, 2.05) is 0 Å². The van der Waals surface area contributed by atoms with E-state index in [1.165, 1.54) is 23.1 Å². The average molecular weight is 249 g/mol. The number of carbonyl (C=O) groups is 1. The molecule has 1 atom stereocenters. The highest BCUT2D eigenvalue weighted by molar-refractivity contribution is 5.98. The van der Waals surface area contributed by atoms with Crippen LogP contribution in [0.5, 0.6) is 0 Å². The van der Waals surface area contributed by atoms with Gasteiger partial charge in [-0.1, -0.05) is 5.11 Å². The first kappa shape index (κ1) is 12.2. The van der Waals surface area contributed by atoms with E-state index in [0.29, 0.717) is 18.7 Å². The Morgan fingerprint density at radius 3 is 3.06 bits per heavy atom. The molecule has 0 bridgehead atoms. The van der Waals surface area contributed by atoms with Crippen LogP contribution in [0.2, 0.25) is 0 Å². The number of anilines is 2. The van der Waals surface area contributed by atoms with E-state index in [0.717, 1.165) is 0 Å². The van der Waals surface area contributed by atoms with Crippen molar-refractivity contribution in [1.82, 2.24) is 0 Å². The third-order valence-electron chi connectivity index (χ3n) is 2.89. The average Bonchev–Trinajstić information content (AvgIpc) is 2.68. The van der Waals surface area contributed by atoms with Crippen LogP contribution >= 0.6 is 0 Å². The smallest absolute Gasteiger partial charge is 0.227 e. The van der Waals surface area contributed by atoms with Crippen molar-refractivity contribution in [2.24, 2.45) is 11.0 Å². The van der Waals surface area contributed by atoms with Gasteiger partial charge in [0.05, 0.1) is 11.4 Å². The molecule has 0 spiro atoms. The number of nitrogen functional groups attached to an aromatic ring is 1. The third-order valence-corrected chi connectivity index (χ3v) is 2.89. The number of hydrogen-bond acceptors (Lipinski definition) is 3. The highest BCUT2D eigenvalue weighted by Gasteiger charge is 2.31. The minimum Gasteiger partial charge on any atom is -0.397 e. The Kier molecular flexibility index (Phi) is 3.34. The predicted molar refractivity (Wildman–Crippen MR) is 65.3 cm³/mol. The molecule has 1 amide bonds. The fraction of sp³-hybridized carbons (Fsp3) is 0.364. The Bertz CT molecular complexity index is 526. The summed E-state index contributed by atoms with van der Waals surface area (Å²) >= 11 is 0. The quantitative estimate of drug-likeness (QED) is 0.384. The molecule has 1 aromatic rings. The van der Waals surface area contributed by atoms with Gasteiger partial charge in [-0.15, -0.1) is 0 Å². The lowest BCUT2D eigenvalue weighted by Crippen LogP contribution is -2.25. The van der Waals surface area contributed by atoms with E-state index < -0.39 is 5.82 Å². The van der Waals surface area contributed by atoms with Crippen molar-refractivity contribution >= 4 is 17.3 Å². The molecule has 0 saturated carbocycles. The summed E-state index contributed by atoms with van der Waals surface area (Å²) in [4.78, 5) is 16.0. The maximum Gasteiger partial charge on any atom is 0.227 e. The molecule has 1 heterocycles. The highest BCUT2D eigenvalue weighted by Crippen LogP contribution is 2.30. The van der Waals surface area contributed by atoms with E-state index in [-0.39, 0.29) is 24.1 Å². The van der Waals surface area contributed by atoms with Crippen molar-refractivity contribution in [2.75, 3.05) is 23.7 Å². The molecular weight excluding hydrogens is 237 g/mol. The number of amides is 1. The summed E-state index contributed by atoms with van der Waals surface area (Å²) in [6.45, 7) is 0.716. The number of azide groups is 1. The van der Waals surface area contributed by atoms with E-state index in [1.54, 1.807) is 0 Å². The Morgan fingerprint density at radius 1 is 1.61 bits per heavy atom. The van der Waals surface area contributed by atoms with Crippen LogP contribution in [-0.4, -0.2) is 19.0 Å². The summed E-state index contributed by atoms with van der Waals surface area (Å²) in [5.74, 6) is -0.544. The zero-order valence-corrected chi connectivity index (χ0v) is 9.58. The van der Waals surface area contributed by atoms with E-state index in [2.05, 4.69) is 10.0 Å². The van der Waals surface area contributed by atoms with Gasteiger partial charge >= 0.3 is 0 Å². The van der Waals surface area contributed by atoms with E-state index >= 15 is 0 Å². The lowest BCUT2D eigenvalue weighted by atomic mass is 10.1. The molecule has 1 fully saturated rings. The summed E-state index contributed by atoms with van der Waals surface area (Å²) in [6.07, 6.45) is 0.315. The molecule has 2 rings (SSSR count). The first-order valence-electron chi connectivity index (χ1n) is 5.48. The van der Waals surface area contributed by atoms with Crippen LogP contribution in [0.3, 0.4) is 0 Å². The molecule has 2 N–H and O–H groups in total. The van der Waals surface area contributed by atoms with Crippen molar-refractivity contribution in [3.05, 3.63) is 34.5 Å². The molecule has 6 nitrogen and oxygen atoms in total. The zero-order valence-electron chi connectivity index (χ0n) is 9.58. The van der Waals surface area contributed by atoms with Gasteiger partial charge in [-0.3, -0.25) is 4.79 Å². The summed E-state index contributed by atoms with van der Waals surface area (Å²) in [6, 6.07) is 3.93. The molecule has 0 radical (unpaired) electrons. The number of nitrogens with two attached hydrogens (primary N) is 1. The van der Waals surface area contributed by atoms with Gasteiger partial charge in [0.1, 0.15) is 5.82 Å². The maximum atomic E-state index is 12.9. The largest absolute Gasteiger partial charge is 0.397 e. The molecular formula is C11H12FN5O. The summed E-state index contributed by atoms with van der Waals surface area (Å²) in [7, 11) is 0. The van der Waals surface area contributed by atoms with E-state index in [9.17, 15) is 9.18 Å². The van der Waals surface area contributed by atoms with Gasteiger partial charge in [0.25, 0.3) is 0 Å². The molecule has 1 aromatic carbocycles. The summed E-state index contributed by atoms with van der Waals surface area (Å²) in [5, 5.41) is 3.46. The molecule has 1 saturated heterocycles. The van der Waals surface area contributed by atoms with Gasteiger partial charge in [0.15, 0.2) is 0 Å². The number of nitrogens with zero attached hydrogens (tertiary/aromatic N) is 4. The number of hydrogen-bond donors (Lipinski definition) is 1. The van der Waals surface area contributed by atoms with Crippen molar-refractivity contribution in [2.45, 2.75) is 6.42 Å². The molecule has 1 aliphatic heterocycles. The molecule has 94 valence electrons. The van der Waals surface area contributed by atoms with Crippen molar-refractivity contribution < 1.29 is 9.18 Å². The van der Waals surface area contributed by atoms with Gasteiger partial charge in [0.2, 0.25) is 5.91 Å². The monoisotopic (exact) mass is 249 g/mol. The van der Waals surface area contributed by atoms with Crippen molar-refractivity contribution in [1.29, 1.82) is 0 Å². The number of rotatable bonds is 3. The number of benzene rings is 1. The van der Waals surface area contributed by atoms with E-state index in [4.69, 9.17) is 11.3 Å². The molecule has 1 unspecified atom stereocenters. The van der Waals surface area contributed by atoms with Crippen molar-refractivity contribution in [3.63, 3.8) is 0 Å². The second-order valence-corrected chi connectivity index (χ2v) is 4.19. The number of halogens is 1. The molecule has 0 aliphatic carbocycles. The molecule has 18 heavy (non-hydrogen) atoms. The van der Waals surface area contributed by atoms with Crippen LogP contribution in [0, 0.1) is 11.7 Å². The van der Waals surface area contributed by atoms with Crippen LogP contribution < -0.4 is 10.6 Å². The Labute approximate surface area is 103 Å². The van der Waals surface area contributed by atoms with Crippen LogP contribution in [0.1, 0.15) is 6.42 Å². The van der Waals surface area contributed by atoms with Gasteiger partial charge < -0.3 is 10.6 Å². The first-order chi connectivity index (χ1) is 8.61. The lowest BCUT2D eigenvalue weighted by Gasteiger charge is -2.18. The Morgan fingerprint density at radius 2 is 2.39 bits per heavy atom. The number of carbonyl (C=O) groups excluding carboxylic acids is 1. The second kappa shape index (κ2) is 4.93. The minimum absolute atomic E-state index is 0.0159. The van der Waals surface area contributed by atoms with Crippen LogP contribution in [0.25, 0.3) is 10.4 Å². The topological polar surface area (TPSA) is 95.1 Å². The second-order valence-electron chi connectivity index (χ2n) is 4.19. The third kappa shape index (κ3) is 2.36. The minimum atomic E-state index is -0.437. The Hall–Kier alpha value is -2.27. The summed E-state index contributed by atoms with van der Waals surface area (Å²) < 4.78 is 12.9. The van der Waals surface area contributed by atoms with Crippen LogP contribution in [-0.2, 0) is 4.79 Å². The maximum absolute atomic E-state index is 12.9. The fourth-order valence-corrected chi connectivity index (χ4v) is 2.06. The lowest BCUT2D eigenvalue weighted by molar-refractivity contribution is -0.117. The summed E-state index contributed by atoms with van der Waals surface area (Å²) in [5.41, 5.74) is 14.7. The van der Waals surface area contributed by atoms with Gasteiger partial charge in [0, 0.05) is 24.4 Å². The first-order valence-corrected chi connectivity index (χ1v) is 5.48. The van der Waals surface area contributed by atoms with Gasteiger partial charge in [-0.2, -0.15) is 0 Å². The zero-order chi connectivity index (χ0) is 13.1. The molecule has 0 aromatic heterocycles. The molecule has 1 aliphatic rings. The standard InChI is InChI=1S/C11H12FN5O/c12-8-1-2-10(9(13)4-8)17-6-7(3-11(17)18)5-15-16-14/h1-2,4,7H,3,5-6,13H2. The van der Waals surface area contributed by atoms with Gasteiger partial charge in [-0.25, -0.2) is 4.39 Å². The van der Waals surface area contributed by atoms with Gasteiger partial charge in [-0.05, 0) is 29.6 Å². The molecule has 7 heteroatoms. The van der Waals surface area contributed by atoms with Crippen LogP contribution in [0.4, 0.5) is 15.8 Å². The normalized spacial score (nSPS) is 18.8. The predicted octanol–water partition coefficient (Wildman–Crippen LogP) is 2.07. The van der Waals surface area contributed by atoms with Crippen LogP contribution in [0.15, 0.2) is 23.3 Å².